The van der Waals surface area contributed by atoms with Crippen molar-refractivity contribution in [1.29, 1.82) is 5.41 Å². The van der Waals surface area contributed by atoms with E-state index in [2.05, 4.69) is 9.73 Å². The molecule has 33 heavy (non-hydrogen) atoms. The number of carbonyl (C=O) groups is 2. The number of allylic oxidation sites excluding steroid dienone is 2. The Hall–Kier alpha value is -3.66. The van der Waals surface area contributed by atoms with Gasteiger partial charge in [-0.1, -0.05) is 42.0 Å². The number of carbonyl (C=O) groups excluding carboxylic acids is 2. The molecule has 0 atom stereocenters. The lowest BCUT2D eigenvalue weighted by Gasteiger charge is -2.08. The van der Waals surface area contributed by atoms with Crippen molar-refractivity contribution in [3.8, 4) is 5.75 Å². The molecule has 0 radical (unpaired) electrons. The molecule has 0 bridgehead atoms. The minimum Gasteiger partial charge on any atom is -0.407 e. The van der Waals surface area contributed by atoms with Gasteiger partial charge in [-0.25, -0.2) is 0 Å². The van der Waals surface area contributed by atoms with Gasteiger partial charge >= 0.3 is 6.36 Å². The molecule has 0 aliphatic carbocycles. The number of aliphatic imine (C=N–C) groups is 1. The van der Waals surface area contributed by atoms with Gasteiger partial charge in [0.25, 0.3) is 6.02 Å². The molecule has 0 unspecified atom stereocenters. The Morgan fingerprint density at radius 2 is 1.70 bits per heavy atom. The van der Waals surface area contributed by atoms with Crippen molar-refractivity contribution in [3.63, 3.8) is 0 Å². The van der Waals surface area contributed by atoms with Crippen LogP contribution in [0.5, 0.6) is 5.75 Å². The van der Waals surface area contributed by atoms with E-state index in [1.807, 2.05) is 32.8 Å². The van der Waals surface area contributed by atoms with E-state index in [-0.39, 0.29) is 24.1 Å². The van der Waals surface area contributed by atoms with Gasteiger partial charge in [-0.3, -0.25) is 10.2 Å². The lowest BCUT2D eigenvalue weighted by atomic mass is 10.2. The van der Waals surface area contributed by atoms with E-state index in [9.17, 15) is 18.0 Å². The highest BCUT2D eigenvalue weighted by molar-refractivity contribution is 6.31. The zero-order valence-corrected chi connectivity index (χ0v) is 19.0. The summed E-state index contributed by atoms with van der Waals surface area (Å²) >= 11 is 5.72. The minimum atomic E-state index is -4.60. The summed E-state index contributed by atoms with van der Waals surface area (Å²) in [4.78, 5) is 21.1. The third kappa shape index (κ3) is 17.7. The van der Waals surface area contributed by atoms with Gasteiger partial charge in [0.2, 0.25) is 12.3 Å². The Balaban J connectivity index is 0. The smallest absolute Gasteiger partial charge is 0.407 e. The molecule has 3 N–H and O–H groups in total. The van der Waals surface area contributed by atoms with Crippen LogP contribution < -0.4 is 10.5 Å². The van der Waals surface area contributed by atoms with E-state index >= 15 is 0 Å². The van der Waals surface area contributed by atoms with Crippen LogP contribution in [0.4, 0.5) is 13.2 Å². The molecule has 11 heteroatoms. The number of aryl methyl sites for hydroxylation is 1. The van der Waals surface area contributed by atoms with E-state index < -0.39 is 6.36 Å². The number of hydrogen-bond donors (Lipinski definition) is 2. The average molecular weight is 488 g/mol. The largest absolute Gasteiger partial charge is 0.573 e. The van der Waals surface area contributed by atoms with Gasteiger partial charge in [-0.2, -0.15) is 4.99 Å². The third-order valence-electron chi connectivity index (χ3n) is 3.03. The Labute approximate surface area is 195 Å². The SMILES string of the molecule is C/C=C\C.C=O.Cc1cccc(OC(F)(F)F)c1.N=C(OC(N)=NC=O)c1cccc(Cl)c1. The summed E-state index contributed by atoms with van der Waals surface area (Å²) in [6.07, 6.45) is -0.367. The first-order valence-corrected chi connectivity index (χ1v) is 9.38. The molecular formula is C22H25ClF3N3O4. The normalized spacial score (nSPS) is 10.3. The van der Waals surface area contributed by atoms with Gasteiger partial charge in [0.05, 0.1) is 0 Å². The van der Waals surface area contributed by atoms with Crippen molar-refractivity contribution < 1.29 is 32.2 Å². The van der Waals surface area contributed by atoms with Crippen LogP contribution in [0.1, 0.15) is 25.0 Å². The monoisotopic (exact) mass is 487 g/mol. The number of nitrogens with one attached hydrogen (secondary N) is 1. The number of hydrogen-bond acceptors (Lipinski definition) is 5. The standard InChI is InChI=1S/C9H8ClN3O2.C8H7F3O.C4H8.CH2O/c10-7-3-1-2-6(4-7)8(11)15-9(12)13-5-14;1-6-3-2-4-7(5-6)12-8(9,10)11;1-3-4-2;1-2/h1-5,11H,(H2,12,13,14);2-5H,1H3;3-4H,1-2H3;1H2/b;;4-3-;. The highest BCUT2D eigenvalue weighted by Crippen LogP contribution is 2.22. The van der Waals surface area contributed by atoms with Crippen LogP contribution in [0.15, 0.2) is 65.7 Å². The lowest BCUT2D eigenvalue weighted by molar-refractivity contribution is -0.274. The maximum Gasteiger partial charge on any atom is 0.573 e. The number of nitrogens with two attached hydrogens (primary N) is 1. The second-order valence-electron chi connectivity index (χ2n) is 5.55. The number of ether oxygens (including phenoxy) is 2. The molecule has 0 saturated carbocycles. The van der Waals surface area contributed by atoms with Crippen LogP contribution in [0.2, 0.25) is 5.02 Å². The van der Waals surface area contributed by atoms with Crippen molar-refractivity contribution in [2.24, 2.45) is 10.7 Å². The lowest BCUT2D eigenvalue weighted by Crippen LogP contribution is -2.21. The van der Waals surface area contributed by atoms with Crippen LogP contribution in [0, 0.1) is 12.3 Å². The van der Waals surface area contributed by atoms with E-state index in [0.717, 1.165) is 5.56 Å². The predicted molar refractivity (Wildman–Crippen MR) is 123 cm³/mol. The molecule has 2 rings (SSSR count). The van der Waals surface area contributed by atoms with Crippen molar-refractivity contribution in [2.45, 2.75) is 27.1 Å². The average Bonchev–Trinajstić information content (AvgIpc) is 2.75. The Bertz CT molecular complexity index is 916. The van der Waals surface area contributed by atoms with Gasteiger partial charge in [-0.05, 0) is 56.7 Å². The van der Waals surface area contributed by atoms with Crippen molar-refractivity contribution in [3.05, 3.63) is 76.8 Å². The summed E-state index contributed by atoms with van der Waals surface area (Å²) in [6.45, 7) is 7.70. The van der Waals surface area contributed by atoms with E-state index in [1.54, 1.807) is 31.2 Å². The summed E-state index contributed by atoms with van der Waals surface area (Å²) < 4.78 is 43.4. The Morgan fingerprint density at radius 3 is 2.15 bits per heavy atom. The molecule has 180 valence electrons. The van der Waals surface area contributed by atoms with Crippen molar-refractivity contribution >= 4 is 36.7 Å². The van der Waals surface area contributed by atoms with Gasteiger partial charge in [0.15, 0.2) is 0 Å². The van der Waals surface area contributed by atoms with Gasteiger partial charge in [-0.15, -0.1) is 13.2 Å². The quantitative estimate of drug-likeness (QED) is 0.259. The number of halogens is 4. The summed E-state index contributed by atoms with van der Waals surface area (Å²) in [5, 5.41) is 7.96. The molecule has 0 aromatic heterocycles. The van der Waals surface area contributed by atoms with Crippen LogP contribution in [0.25, 0.3) is 0 Å². The van der Waals surface area contributed by atoms with Crippen molar-refractivity contribution in [1.82, 2.24) is 0 Å². The minimum absolute atomic E-state index is 0.178. The molecule has 0 aliphatic heterocycles. The highest BCUT2D eigenvalue weighted by Gasteiger charge is 2.30. The number of nitrogens with zero attached hydrogens (tertiary/aromatic N) is 1. The van der Waals surface area contributed by atoms with E-state index in [4.69, 9.17) is 32.3 Å². The molecule has 7 nitrogen and oxygen atoms in total. The fourth-order valence-electron chi connectivity index (χ4n) is 1.68. The molecule has 0 saturated heterocycles. The van der Waals surface area contributed by atoms with Crippen LogP contribution in [0.3, 0.4) is 0 Å². The fourth-order valence-corrected chi connectivity index (χ4v) is 1.87. The maximum absolute atomic E-state index is 11.7. The number of alkyl halides is 3. The molecule has 0 heterocycles. The van der Waals surface area contributed by atoms with Crippen LogP contribution >= 0.6 is 11.6 Å². The molecule has 0 aliphatic rings. The maximum atomic E-state index is 11.7. The number of amides is 1. The van der Waals surface area contributed by atoms with Gasteiger partial charge in [0, 0.05) is 10.6 Å². The topological polar surface area (TPSA) is 115 Å². The molecule has 2 aromatic carbocycles. The first-order valence-electron chi connectivity index (χ1n) is 9.00. The predicted octanol–water partition coefficient (Wildman–Crippen LogP) is 5.44. The van der Waals surface area contributed by atoms with Crippen molar-refractivity contribution in [2.75, 3.05) is 0 Å². The second kappa shape index (κ2) is 18.0. The Morgan fingerprint density at radius 1 is 1.12 bits per heavy atom. The third-order valence-corrected chi connectivity index (χ3v) is 3.26. The van der Waals surface area contributed by atoms with E-state index in [0.29, 0.717) is 10.6 Å². The van der Waals surface area contributed by atoms with Gasteiger partial charge in [0.1, 0.15) is 12.5 Å². The van der Waals surface area contributed by atoms with Crippen LogP contribution in [-0.2, 0) is 14.3 Å². The first kappa shape index (κ1) is 31.5. The zero-order chi connectivity index (χ0) is 25.9. The summed E-state index contributed by atoms with van der Waals surface area (Å²) in [5.74, 6) is -0.400. The summed E-state index contributed by atoms with van der Waals surface area (Å²) in [5.41, 5.74) is 6.37. The number of rotatable bonds is 3. The molecule has 1 amide bonds. The Kier molecular flexibility index (Phi) is 17.2. The molecule has 0 spiro atoms. The van der Waals surface area contributed by atoms with Crippen LogP contribution in [-0.4, -0.2) is 31.5 Å². The number of benzene rings is 2. The summed E-state index contributed by atoms with van der Waals surface area (Å²) in [7, 11) is 0. The molecular weight excluding hydrogens is 463 g/mol. The molecule has 0 fully saturated rings. The highest BCUT2D eigenvalue weighted by atomic mass is 35.5. The first-order chi connectivity index (χ1) is 15.5. The van der Waals surface area contributed by atoms with Gasteiger partial charge < -0.3 is 20.0 Å². The number of amidine groups is 1. The molecule has 2 aromatic rings. The second-order valence-corrected chi connectivity index (χ2v) is 5.98. The van der Waals surface area contributed by atoms with E-state index in [1.165, 1.54) is 24.3 Å². The summed E-state index contributed by atoms with van der Waals surface area (Å²) in [6, 6.07) is 11.9. The zero-order valence-electron chi connectivity index (χ0n) is 18.2. The fraction of sp³-hybridized carbons (Fsp3) is 0.182.